The second kappa shape index (κ2) is 14.0. The van der Waals surface area contributed by atoms with Crippen LogP contribution in [0.25, 0.3) is 0 Å². The fraction of sp³-hybridized carbons (Fsp3) is 0.0882. The summed E-state index contributed by atoms with van der Waals surface area (Å²) in [6.07, 6.45) is 0. The third-order valence-corrected chi connectivity index (χ3v) is 10.9. The van der Waals surface area contributed by atoms with Gasteiger partial charge in [-0.3, -0.25) is 0 Å². The van der Waals surface area contributed by atoms with Crippen LogP contribution in [-0.4, -0.2) is 11.8 Å². The molecule has 0 amide bonds. The quantitative estimate of drug-likeness (QED) is 0.183. The molecule has 0 bridgehead atoms. The summed E-state index contributed by atoms with van der Waals surface area (Å²) < 4.78 is 12.7. The Labute approximate surface area is 241 Å². The van der Waals surface area contributed by atoms with Crippen molar-refractivity contribution in [2.75, 3.05) is 0 Å². The molecule has 0 spiro atoms. The van der Waals surface area contributed by atoms with Crippen LogP contribution >= 0.6 is 7.26 Å². The normalized spacial score (nSPS) is 11.7. The minimum Gasteiger partial charge on any atom is -1.00 e. The van der Waals surface area contributed by atoms with Crippen molar-refractivity contribution in [3.63, 3.8) is 0 Å². The monoisotopic (exact) mass is 596 g/mol. The highest BCUT2D eigenvalue weighted by atomic mass is 79.9. The van der Waals surface area contributed by atoms with E-state index in [9.17, 15) is 4.79 Å². The van der Waals surface area contributed by atoms with Gasteiger partial charge in [0.25, 0.3) is 5.85 Å². The maximum Gasteiger partial charge on any atom is 0.376 e. The van der Waals surface area contributed by atoms with Gasteiger partial charge in [0.2, 0.25) is 0 Å². The highest BCUT2D eigenvalue weighted by molar-refractivity contribution is 7.96. The first-order chi connectivity index (χ1) is 18.8. The molecule has 0 radical (unpaired) electrons. The topological polar surface area (TPSA) is 35.5 Å². The van der Waals surface area contributed by atoms with Crippen LogP contribution in [0.1, 0.15) is 11.1 Å². The van der Waals surface area contributed by atoms with Crippen LogP contribution < -0.4 is 32.9 Å². The molecule has 5 aromatic rings. The standard InChI is InChI=1S/C34H30O3P.BrH/c35-33(36-26-28-16-6-1-7-17-28)34(37-27-29-18-8-2-9-19-29)38(30-20-10-3-11-21-30,31-22-12-4-13-23-31)32-24-14-5-15-25-32;/h1-25,34H,26-27H2;1H/q+1;/p-1. The van der Waals surface area contributed by atoms with E-state index in [1.165, 1.54) is 0 Å². The number of hydrogen-bond acceptors (Lipinski definition) is 3. The molecule has 0 saturated heterocycles. The second-order valence-electron chi connectivity index (χ2n) is 8.97. The molecular formula is C34H30BrO3P. The van der Waals surface area contributed by atoms with Crippen LogP contribution in [-0.2, 0) is 27.5 Å². The lowest BCUT2D eigenvalue weighted by molar-refractivity contribution is -0.153. The zero-order chi connectivity index (χ0) is 26.0. The van der Waals surface area contributed by atoms with Gasteiger partial charge in [-0.15, -0.1) is 0 Å². The van der Waals surface area contributed by atoms with Crippen LogP contribution in [0.4, 0.5) is 0 Å². The SMILES string of the molecule is O=C(OCc1ccccc1)C(OCc1ccccc1)[P+](c1ccccc1)(c1ccccc1)c1ccccc1.[Br-]. The van der Waals surface area contributed by atoms with Crippen molar-refractivity contribution in [3.05, 3.63) is 163 Å². The Morgan fingerprint density at radius 3 is 1.23 bits per heavy atom. The van der Waals surface area contributed by atoms with E-state index in [0.29, 0.717) is 6.61 Å². The first-order valence-electron chi connectivity index (χ1n) is 12.7. The number of benzene rings is 5. The molecule has 0 aliphatic heterocycles. The van der Waals surface area contributed by atoms with Gasteiger partial charge in [-0.05, 0) is 47.5 Å². The average Bonchev–Trinajstić information content (AvgIpc) is 3.00. The van der Waals surface area contributed by atoms with E-state index >= 15 is 0 Å². The molecule has 0 aliphatic carbocycles. The minimum atomic E-state index is -2.67. The summed E-state index contributed by atoms with van der Waals surface area (Å²) in [7, 11) is -2.67. The summed E-state index contributed by atoms with van der Waals surface area (Å²) in [4.78, 5) is 14.2. The van der Waals surface area contributed by atoms with E-state index in [0.717, 1.165) is 27.0 Å². The molecule has 39 heavy (non-hydrogen) atoms. The fourth-order valence-electron chi connectivity index (χ4n) is 4.73. The Bertz CT molecular complexity index is 1320. The van der Waals surface area contributed by atoms with Crippen molar-refractivity contribution >= 4 is 29.1 Å². The summed E-state index contributed by atoms with van der Waals surface area (Å²) in [5.74, 6) is -1.21. The molecular weight excluding hydrogens is 567 g/mol. The Morgan fingerprint density at radius 1 is 0.513 bits per heavy atom. The van der Waals surface area contributed by atoms with E-state index in [2.05, 4.69) is 36.4 Å². The summed E-state index contributed by atoms with van der Waals surface area (Å²) in [5.41, 5.74) is 1.94. The molecule has 196 valence electrons. The highest BCUT2D eigenvalue weighted by Crippen LogP contribution is 2.60. The van der Waals surface area contributed by atoms with Gasteiger partial charge in [0.1, 0.15) is 22.5 Å². The molecule has 0 aliphatic rings. The minimum absolute atomic E-state index is 0. The first-order valence-corrected chi connectivity index (χ1v) is 14.6. The number of ether oxygens (including phenoxy) is 2. The lowest BCUT2D eigenvalue weighted by atomic mass is 10.2. The fourth-order valence-corrected chi connectivity index (χ4v) is 9.05. The Kier molecular flexibility index (Phi) is 10.2. The smallest absolute Gasteiger partial charge is 0.376 e. The highest BCUT2D eigenvalue weighted by Gasteiger charge is 2.57. The van der Waals surface area contributed by atoms with Crippen molar-refractivity contribution in [2.24, 2.45) is 0 Å². The van der Waals surface area contributed by atoms with Gasteiger partial charge in [-0.1, -0.05) is 115 Å². The summed E-state index contributed by atoms with van der Waals surface area (Å²) in [6.45, 7) is 0.476. The second-order valence-corrected chi connectivity index (χ2v) is 12.4. The lowest BCUT2D eigenvalue weighted by Crippen LogP contribution is -3.00. The van der Waals surface area contributed by atoms with Crippen LogP contribution in [0.2, 0.25) is 0 Å². The third kappa shape index (κ3) is 6.54. The zero-order valence-corrected chi connectivity index (χ0v) is 24.0. The van der Waals surface area contributed by atoms with Crippen LogP contribution in [0.5, 0.6) is 0 Å². The predicted molar refractivity (Wildman–Crippen MR) is 156 cm³/mol. The van der Waals surface area contributed by atoms with E-state index in [1.54, 1.807) is 0 Å². The molecule has 5 aromatic carbocycles. The lowest BCUT2D eigenvalue weighted by Gasteiger charge is -2.33. The number of halogens is 1. The van der Waals surface area contributed by atoms with Crippen LogP contribution in [0.15, 0.2) is 152 Å². The number of hydrogen-bond donors (Lipinski definition) is 0. The molecule has 5 rings (SSSR count). The maximum absolute atomic E-state index is 14.2. The van der Waals surface area contributed by atoms with Gasteiger partial charge in [-0.2, -0.15) is 0 Å². The molecule has 0 aromatic heterocycles. The van der Waals surface area contributed by atoms with Gasteiger partial charge in [-0.25, -0.2) is 4.79 Å². The Morgan fingerprint density at radius 2 is 0.846 bits per heavy atom. The van der Waals surface area contributed by atoms with Gasteiger partial charge in [0.05, 0.1) is 6.61 Å². The largest absolute Gasteiger partial charge is 1.00 e. The average molecular weight is 597 g/mol. The van der Waals surface area contributed by atoms with Gasteiger partial charge in [0, 0.05) is 0 Å². The molecule has 0 heterocycles. The van der Waals surface area contributed by atoms with Crippen molar-refractivity contribution in [1.29, 1.82) is 0 Å². The predicted octanol–water partition coefficient (Wildman–Crippen LogP) is 3.27. The zero-order valence-electron chi connectivity index (χ0n) is 21.5. The number of carbonyl (C=O) groups is 1. The van der Waals surface area contributed by atoms with Crippen LogP contribution in [0.3, 0.4) is 0 Å². The summed E-state index contributed by atoms with van der Waals surface area (Å²) in [6, 6.07) is 50.5. The van der Waals surface area contributed by atoms with E-state index < -0.39 is 13.1 Å². The van der Waals surface area contributed by atoms with Crippen molar-refractivity contribution in [2.45, 2.75) is 19.1 Å². The number of esters is 1. The number of carbonyl (C=O) groups excluding carboxylic acids is 1. The Balaban J connectivity index is 0.00000353. The molecule has 0 N–H and O–H groups in total. The van der Waals surface area contributed by atoms with Gasteiger partial charge in [0.15, 0.2) is 7.26 Å². The first kappa shape index (κ1) is 28.4. The van der Waals surface area contributed by atoms with Gasteiger partial charge >= 0.3 is 5.97 Å². The molecule has 0 fully saturated rings. The molecule has 1 atom stereocenters. The molecule has 1 unspecified atom stereocenters. The van der Waals surface area contributed by atoms with Crippen molar-refractivity contribution < 1.29 is 31.2 Å². The molecule has 3 nitrogen and oxygen atoms in total. The molecule has 0 saturated carbocycles. The van der Waals surface area contributed by atoms with E-state index in [-0.39, 0.29) is 29.6 Å². The summed E-state index contributed by atoms with van der Waals surface area (Å²) >= 11 is 0. The Hall–Kier alpha value is -3.56. The molecule has 5 heteroatoms. The third-order valence-electron chi connectivity index (χ3n) is 6.52. The number of rotatable bonds is 10. The van der Waals surface area contributed by atoms with Crippen molar-refractivity contribution in [1.82, 2.24) is 0 Å². The van der Waals surface area contributed by atoms with Gasteiger partial charge < -0.3 is 26.5 Å². The summed E-state index contributed by atoms with van der Waals surface area (Å²) in [5, 5.41) is 3.19. The van der Waals surface area contributed by atoms with E-state index in [1.807, 2.05) is 115 Å². The van der Waals surface area contributed by atoms with Crippen LogP contribution in [0, 0.1) is 0 Å². The van der Waals surface area contributed by atoms with E-state index in [4.69, 9.17) is 9.47 Å². The maximum atomic E-state index is 14.2. The van der Waals surface area contributed by atoms with Crippen molar-refractivity contribution in [3.8, 4) is 0 Å².